The molecule has 0 saturated carbocycles. The number of benzene rings is 1. The first-order chi connectivity index (χ1) is 14.9. The molecule has 2 atom stereocenters. The Morgan fingerprint density at radius 1 is 1.32 bits per heavy atom. The number of nitrogens with one attached hydrogen (secondary N) is 3. The number of furan rings is 1. The van der Waals surface area contributed by atoms with Gasteiger partial charge in [0.1, 0.15) is 5.82 Å². The van der Waals surface area contributed by atoms with Gasteiger partial charge in [-0.3, -0.25) is 15.7 Å². The van der Waals surface area contributed by atoms with Crippen LogP contribution in [0.3, 0.4) is 0 Å². The number of hydrogen-bond donors (Lipinski definition) is 4. The van der Waals surface area contributed by atoms with Crippen LogP contribution in [-0.2, 0) is 12.2 Å². The molecule has 9 nitrogen and oxygen atoms in total. The second-order valence-corrected chi connectivity index (χ2v) is 8.27. The maximum absolute atomic E-state index is 14.5. The van der Waals surface area contributed by atoms with E-state index in [0.29, 0.717) is 30.2 Å². The molecule has 5 N–H and O–H groups in total. The summed E-state index contributed by atoms with van der Waals surface area (Å²) in [6.45, 7) is 1.31. The summed E-state index contributed by atoms with van der Waals surface area (Å²) in [6, 6.07) is 8.88. The third-order valence-corrected chi connectivity index (χ3v) is 6.17. The average Bonchev–Trinajstić information content (AvgIpc) is 3.46. The number of nitrogens with two attached hydrogens (primary N) is 1. The molecule has 2 aliphatic rings. The van der Waals surface area contributed by atoms with Gasteiger partial charge in [0, 0.05) is 24.6 Å². The molecule has 0 bridgehead atoms. The lowest BCUT2D eigenvalue weighted by molar-refractivity contribution is 0.198. The zero-order valence-corrected chi connectivity index (χ0v) is 17.4. The van der Waals surface area contributed by atoms with E-state index in [4.69, 9.17) is 27.2 Å². The minimum Gasteiger partial charge on any atom is -0.465 e. The number of halogens is 2. The smallest absolute Gasteiger partial charge is 0.247 e. The normalized spacial score (nSPS) is 22.8. The summed E-state index contributed by atoms with van der Waals surface area (Å²) in [5, 5.41) is 11.6. The number of nitrogen functional groups attached to an aromatic ring is 1. The largest absolute Gasteiger partial charge is 0.465 e. The molecule has 2 aromatic heterocycles. The summed E-state index contributed by atoms with van der Waals surface area (Å²) in [7, 11) is 0. The third kappa shape index (κ3) is 3.51. The molecule has 0 radical (unpaired) electrons. The third-order valence-electron chi connectivity index (χ3n) is 5.88. The van der Waals surface area contributed by atoms with E-state index in [2.05, 4.69) is 25.6 Å². The number of fused-ring (bicyclic) bond motifs is 1. The standard InChI is InChI=1S/C20H22ClFN8O/c21-14-6-1-4-12(16(14)22)11-29-8-2-5-13(29)10-20(15-7-3-9-31-15)27-19-26-17(23)25-18(24)30(19)28-20/h1,3-4,6-7,9,13,28H,2,5,8,10-11H2,(H4,23,24,25,26,27). The molecule has 3 aromatic rings. The van der Waals surface area contributed by atoms with Gasteiger partial charge in [0.05, 0.1) is 11.3 Å². The highest BCUT2D eigenvalue weighted by Gasteiger charge is 2.45. The van der Waals surface area contributed by atoms with Gasteiger partial charge < -0.3 is 15.5 Å². The van der Waals surface area contributed by atoms with Crippen LogP contribution in [-0.4, -0.2) is 32.1 Å². The second-order valence-electron chi connectivity index (χ2n) is 7.87. The number of anilines is 2. The molecule has 0 amide bonds. The molecule has 2 unspecified atom stereocenters. The maximum Gasteiger partial charge on any atom is 0.247 e. The molecule has 1 aromatic carbocycles. The SMILES string of the molecule is N=c1nc(N)nc2n1NC(CC1CCCN1Cc1cccc(Cl)c1F)(c1ccco1)N2. The van der Waals surface area contributed by atoms with E-state index >= 15 is 0 Å². The predicted octanol–water partition coefficient (Wildman–Crippen LogP) is 2.60. The molecular formula is C20H22ClFN8O. The summed E-state index contributed by atoms with van der Waals surface area (Å²) in [4.78, 5) is 10.4. The lowest BCUT2D eigenvalue weighted by Gasteiger charge is -2.34. The predicted molar refractivity (Wildman–Crippen MR) is 113 cm³/mol. The maximum atomic E-state index is 14.5. The molecule has 4 heterocycles. The molecule has 0 aliphatic carbocycles. The van der Waals surface area contributed by atoms with Gasteiger partial charge in [-0.25, -0.2) is 4.39 Å². The average molecular weight is 445 g/mol. The van der Waals surface area contributed by atoms with Gasteiger partial charge in [0.2, 0.25) is 17.5 Å². The Morgan fingerprint density at radius 2 is 2.19 bits per heavy atom. The van der Waals surface area contributed by atoms with E-state index in [-0.39, 0.29) is 28.4 Å². The minimum atomic E-state index is -0.852. The topological polar surface area (TPSA) is 121 Å². The number of nitrogens with zero attached hydrogens (tertiary/aromatic N) is 4. The van der Waals surface area contributed by atoms with Crippen molar-refractivity contribution in [3.63, 3.8) is 0 Å². The Kier molecular flexibility index (Phi) is 4.82. The van der Waals surface area contributed by atoms with Crippen molar-refractivity contribution >= 4 is 23.5 Å². The van der Waals surface area contributed by atoms with Crippen molar-refractivity contribution in [1.29, 1.82) is 5.41 Å². The molecule has 31 heavy (non-hydrogen) atoms. The van der Waals surface area contributed by atoms with Crippen LogP contribution in [0.1, 0.15) is 30.6 Å². The van der Waals surface area contributed by atoms with Crippen LogP contribution in [0.15, 0.2) is 41.0 Å². The quantitative estimate of drug-likeness (QED) is 0.477. The Hall–Kier alpha value is -3.11. The number of likely N-dealkylation sites (tertiary alicyclic amines) is 1. The summed E-state index contributed by atoms with van der Waals surface area (Å²) >= 11 is 5.97. The lowest BCUT2D eigenvalue weighted by Crippen LogP contribution is -2.47. The van der Waals surface area contributed by atoms with Gasteiger partial charge in [0.15, 0.2) is 11.4 Å². The molecule has 0 spiro atoms. The van der Waals surface area contributed by atoms with E-state index in [9.17, 15) is 4.39 Å². The number of aromatic nitrogens is 3. The van der Waals surface area contributed by atoms with Crippen LogP contribution in [0.2, 0.25) is 5.02 Å². The first-order valence-corrected chi connectivity index (χ1v) is 10.4. The van der Waals surface area contributed by atoms with E-state index in [1.54, 1.807) is 24.5 Å². The fourth-order valence-corrected chi connectivity index (χ4v) is 4.65. The van der Waals surface area contributed by atoms with Gasteiger partial charge in [-0.2, -0.15) is 14.6 Å². The Morgan fingerprint density at radius 3 is 3.00 bits per heavy atom. The van der Waals surface area contributed by atoms with E-state index < -0.39 is 5.66 Å². The fraction of sp³-hybridized carbons (Fsp3) is 0.350. The van der Waals surface area contributed by atoms with Crippen LogP contribution >= 0.6 is 11.6 Å². The van der Waals surface area contributed by atoms with Gasteiger partial charge in [-0.05, 0) is 37.6 Å². The highest BCUT2D eigenvalue weighted by Crippen LogP contribution is 2.37. The van der Waals surface area contributed by atoms with Gasteiger partial charge in [-0.1, -0.05) is 23.7 Å². The second kappa shape index (κ2) is 7.54. The highest BCUT2D eigenvalue weighted by molar-refractivity contribution is 6.30. The minimum absolute atomic E-state index is 0.0136. The molecule has 162 valence electrons. The Balaban J connectivity index is 1.45. The number of rotatable bonds is 5. The van der Waals surface area contributed by atoms with E-state index in [1.807, 2.05) is 12.1 Å². The molecule has 1 fully saturated rings. The van der Waals surface area contributed by atoms with Crippen molar-refractivity contribution in [1.82, 2.24) is 19.5 Å². The van der Waals surface area contributed by atoms with Gasteiger partial charge in [0.25, 0.3) is 0 Å². The molecule has 11 heteroatoms. The molecule has 2 aliphatic heterocycles. The first kappa shape index (κ1) is 19.8. The highest BCUT2D eigenvalue weighted by atomic mass is 35.5. The van der Waals surface area contributed by atoms with Crippen LogP contribution in [0.25, 0.3) is 0 Å². The van der Waals surface area contributed by atoms with Crippen LogP contribution in [0.4, 0.5) is 16.3 Å². The lowest BCUT2D eigenvalue weighted by atomic mass is 9.96. The zero-order chi connectivity index (χ0) is 21.6. The molecule has 1 saturated heterocycles. The summed E-state index contributed by atoms with van der Waals surface area (Å²) in [5.41, 5.74) is 8.69. The molecule has 5 rings (SSSR count). The van der Waals surface area contributed by atoms with Crippen molar-refractivity contribution < 1.29 is 8.81 Å². The van der Waals surface area contributed by atoms with E-state index in [1.165, 1.54) is 4.68 Å². The van der Waals surface area contributed by atoms with Crippen molar-refractivity contribution in [3.8, 4) is 0 Å². The van der Waals surface area contributed by atoms with Crippen molar-refractivity contribution in [3.05, 3.63) is 64.4 Å². The Bertz CT molecular complexity index is 1170. The fourth-order valence-electron chi connectivity index (χ4n) is 4.45. The monoisotopic (exact) mass is 444 g/mol. The van der Waals surface area contributed by atoms with Crippen LogP contribution in [0, 0.1) is 11.2 Å². The summed E-state index contributed by atoms with van der Waals surface area (Å²) in [6.07, 6.45) is 4.13. The summed E-state index contributed by atoms with van der Waals surface area (Å²) in [5.74, 6) is 0.677. The number of hydrogen-bond acceptors (Lipinski definition) is 8. The molecular weight excluding hydrogens is 423 g/mol. The van der Waals surface area contributed by atoms with Gasteiger partial charge >= 0.3 is 0 Å². The van der Waals surface area contributed by atoms with Crippen LogP contribution in [0.5, 0.6) is 0 Å². The zero-order valence-electron chi connectivity index (χ0n) is 16.6. The first-order valence-electron chi connectivity index (χ1n) is 10.0. The van der Waals surface area contributed by atoms with Gasteiger partial charge in [-0.15, -0.1) is 0 Å². The van der Waals surface area contributed by atoms with Crippen molar-refractivity contribution in [2.24, 2.45) is 0 Å². The van der Waals surface area contributed by atoms with Crippen molar-refractivity contribution in [2.75, 3.05) is 23.0 Å². The Labute approximate surface area is 182 Å². The van der Waals surface area contributed by atoms with Crippen molar-refractivity contribution in [2.45, 2.75) is 37.5 Å². The van der Waals surface area contributed by atoms with E-state index in [0.717, 1.165) is 19.4 Å². The van der Waals surface area contributed by atoms with Crippen LogP contribution < -0.4 is 22.1 Å². The summed E-state index contributed by atoms with van der Waals surface area (Å²) < 4.78 is 21.7.